The minimum Gasteiger partial charge on any atom is -0.508 e. The van der Waals surface area contributed by atoms with Crippen molar-refractivity contribution >= 4 is 10.9 Å². The Labute approximate surface area is 145 Å². The Hall–Kier alpha value is -2.22. The van der Waals surface area contributed by atoms with E-state index < -0.39 is 0 Å². The lowest BCUT2D eigenvalue weighted by molar-refractivity contribution is 0.408. The second kappa shape index (κ2) is 7.12. The lowest BCUT2D eigenvalue weighted by atomic mass is 9.68. The molecule has 0 amide bonds. The maximum atomic E-state index is 9.68. The fourth-order valence-electron chi connectivity index (χ4n) is 3.24. The van der Waals surface area contributed by atoms with Gasteiger partial charge in [0, 0.05) is 28.6 Å². The number of hydrogen-bond donors (Lipinski definition) is 2. The Bertz CT molecular complexity index is 798. The van der Waals surface area contributed by atoms with Gasteiger partial charge in [0.15, 0.2) is 0 Å². The summed E-state index contributed by atoms with van der Waals surface area (Å²) in [4.78, 5) is 3.31. The molecular formula is C22H29NO. The lowest BCUT2D eigenvalue weighted by Crippen LogP contribution is -2.29. The van der Waals surface area contributed by atoms with Crippen LogP contribution >= 0.6 is 0 Å². The van der Waals surface area contributed by atoms with Crippen LogP contribution in [0.15, 0.2) is 48.7 Å². The van der Waals surface area contributed by atoms with E-state index in [1.807, 2.05) is 19.9 Å². The fraction of sp³-hybridized carbons (Fsp3) is 0.364. The second-order valence-corrected chi connectivity index (χ2v) is 6.66. The number of aromatic nitrogens is 1. The molecule has 0 bridgehead atoms. The highest BCUT2D eigenvalue weighted by atomic mass is 16.3. The maximum Gasteiger partial charge on any atom is 0.117 e. The average Bonchev–Trinajstić information content (AvgIpc) is 2.99. The molecule has 0 spiro atoms. The summed E-state index contributed by atoms with van der Waals surface area (Å²) in [6, 6.07) is 14.4. The van der Waals surface area contributed by atoms with Crippen LogP contribution in [0.3, 0.4) is 0 Å². The topological polar surface area (TPSA) is 36.0 Å². The van der Waals surface area contributed by atoms with E-state index in [1.165, 1.54) is 22.1 Å². The van der Waals surface area contributed by atoms with Crippen LogP contribution in [0.1, 0.15) is 51.3 Å². The highest BCUT2D eigenvalue weighted by Gasteiger charge is 2.34. The number of hydrogen-bond acceptors (Lipinski definition) is 1. The van der Waals surface area contributed by atoms with E-state index in [2.05, 4.69) is 63.1 Å². The molecule has 1 aromatic heterocycles. The Morgan fingerprint density at radius 3 is 2.21 bits per heavy atom. The zero-order valence-corrected chi connectivity index (χ0v) is 15.6. The van der Waals surface area contributed by atoms with Gasteiger partial charge in [-0.3, -0.25) is 0 Å². The van der Waals surface area contributed by atoms with Gasteiger partial charge in [-0.05, 0) is 36.1 Å². The molecule has 2 N–H and O–H groups in total. The fourth-order valence-corrected chi connectivity index (χ4v) is 3.24. The summed E-state index contributed by atoms with van der Waals surface area (Å²) in [6.07, 6.45) is 2.09. The number of H-pyrrole nitrogens is 1. The van der Waals surface area contributed by atoms with Gasteiger partial charge < -0.3 is 10.1 Å². The van der Waals surface area contributed by atoms with E-state index in [-0.39, 0.29) is 5.41 Å². The van der Waals surface area contributed by atoms with Gasteiger partial charge in [-0.15, -0.1) is 0 Å². The summed E-state index contributed by atoms with van der Waals surface area (Å²) in [7, 11) is 0. The number of aromatic hydroxyl groups is 1. The first-order valence-electron chi connectivity index (χ1n) is 8.80. The molecular weight excluding hydrogens is 294 g/mol. The van der Waals surface area contributed by atoms with E-state index in [4.69, 9.17) is 0 Å². The first kappa shape index (κ1) is 18.1. The van der Waals surface area contributed by atoms with Gasteiger partial charge in [0.05, 0.1) is 0 Å². The van der Waals surface area contributed by atoms with Crippen LogP contribution in [-0.2, 0) is 5.41 Å². The summed E-state index contributed by atoms with van der Waals surface area (Å²) in [5.74, 6) is 0.741. The van der Waals surface area contributed by atoms with E-state index in [1.54, 1.807) is 12.1 Å². The van der Waals surface area contributed by atoms with Crippen molar-refractivity contribution in [3.8, 4) is 5.75 Å². The SMILES string of the molecule is CC.Cc1ccc(C(C)(c2c[nH]c3cc(O)ccc23)C(C)C)cc1. The molecule has 24 heavy (non-hydrogen) atoms. The van der Waals surface area contributed by atoms with Gasteiger partial charge in [-0.1, -0.05) is 64.4 Å². The second-order valence-electron chi connectivity index (χ2n) is 6.66. The first-order valence-corrected chi connectivity index (χ1v) is 8.80. The molecule has 3 rings (SSSR count). The van der Waals surface area contributed by atoms with E-state index in [9.17, 15) is 5.11 Å². The van der Waals surface area contributed by atoms with E-state index >= 15 is 0 Å². The Balaban J connectivity index is 0.00000100. The lowest BCUT2D eigenvalue weighted by Gasteiger charge is -2.35. The summed E-state index contributed by atoms with van der Waals surface area (Å²) < 4.78 is 0. The highest BCUT2D eigenvalue weighted by molar-refractivity contribution is 5.86. The van der Waals surface area contributed by atoms with Crippen LogP contribution in [0.2, 0.25) is 0 Å². The van der Waals surface area contributed by atoms with Crippen molar-refractivity contribution in [1.29, 1.82) is 0 Å². The molecule has 0 saturated carbocycles. The van der Waals surface area contributed by atoms with Crippen LogP contribution < -0.4 is 0 Å². The maximum absolute atomic E-state index is 9.68. The standard InChI is InChI=1S/C20H23NO.C2H6/c1-13(2)20(4,15-7-5-14(3)6-8-15)18-12-21-19-11-16(22)9-10-17(18)19;1-2/h5-13,21-22H,1-4H3;1-2H3. The van der Waals surface area contributed by atoms with Crippen LogP contribution in [0.4, 0.5) is 0 Å². The van der Waals surface area contributed by atoms with Crippen molar-refractivity contribution in [2.24, 2.45) is 5.92 Å². The van der Waals surface area contributed by atoms with Crippen LogP contribution in [0.25, 0.3) is 10.9 Å². The molecule has 0 saturated heterocycles. The van der Waals surface area contributed by atoms with Crippen molar-refractivity contribution in [2.45, 2.75) is 47.0 Å². The Morgan fingerprint density at radius 2 is 1.62 bits per heavy atom. The van der Waals surface area contributed by atoms with E-state index in [0.29, 0.717) is 11.7 Å². The third kappa shape index (κ3) is 3.06. The molecule has 3 aromatic rings. The third-order valence-corrected chi connectivity index (χ3v) is 5.03. The van der Waals surface area contributed by atoms with Crippen LogP contribution in [0, 0.1) is 12.8 Å². The molecule has 1 atom stereocenters. The van der Waals surface area contributed by atoms with Gasteiger partial charge in [-0.2, -0.15) is 0 Å². The number of phenolic OH excluding ortho intramolecular Hbond substituents is 1. The van der Waals surface area contributed by atoms with E-state index in [0.717, 1.165) is 5.52 Å². The molecule has 0 aliphatic heterocycles. The average molecular weight is 323 g/mol. The van der Waals surface area contributed by atoms with Gasteiger partial charge >= 0.3 is 0 Å². The molecule has 128 valence electrons. The van der Waals surface area contributed by atoms with Crippen molar-refractivity contribution in [3.05, 3.63) is 65.4 Å². The third-order valence-electron chi connectivity index (χ3n) is 5.03. The Morgan fingerprint density at radius 1 is 1.00 bits per heavy atom. The van der Waals surface area contributed by atoms with Gasteiger partial charge in [-0.25, -0.2) is 0 Å². The molecule has 0 aliphatic carbocycles. The summed E-state index contributed by atoms with van der Waals surface area (Å²) in [5.41, 5.74) is 4.78. The largest absolute Gasteiger partial charge is 0.508 e. The summed E-state index contributed by atoms with van der Waals surface area (Å²) in [5, 5.41) is 10.9. The number of nitrogens with one attached hydrogen (secondary N) is 1. The number of fused-ring (bicyclic) bond motifs is 1. The molecule has 1 heterocycles. The van der Waals surface area contributed by atoms with Gasteiger partial charge in [0.1, 0.15) is 5.75 Å². The van der Waals surface area contributed by atoms with Crippen LogP contribution in [0.5, 0.6) is 5.75 Å². The monoisotopic (exact) mass is 323 g/mol. The van der Waals surface area contributed by atoms with Crippen molar-refractivity contribution in [3.63, 3.8) is 0 Å². The van der Waals surface area contributed by atoms with Gasteiger partial charge in [0.25, 0.3) is 0 Å². The molecule has 2 aromatic carbocycles. The highest BCUT2D eigenvalue weighted by Crippen LogP contribution is 2.42. The normalized spacial score (nSPS) is 13.5. The zero-order chi connectivity index (χ0) is 17.9. The van der Waals surface area contributed by atoms with Crippen molar-refractivity contribution < 1.29 is 5.11 Å². The van der Waals surface area contributed by atoms with Gasteiger partial charge in [0.2, 0.25) is 0 Å². The molecule has 0 fully saturated rings. The summed E-state index contributed by atoms with van der Waals surface area (Å²) in [6.45, 7) is 12.9. The number of phenols is 1. The van der Waals surface area contributed by atoms with Crippen molar-refractivity contribution in [2.75, 3.05) is 0 Å². The molecule has 1 unspecified atom stereocenters. The zero-order valence-electron chi connectivity index (χ0n) is 15.6. The number of rotatable bonds is 3. The number of benzene rings is 2. The minimum absolute atomic E-state index is 0.0804. The predicted octanol–water partition coefficient (Wildman–Crippen LogP) is 6.17. The molecule has 2 heteroatoms. The quantitative estimate of drug-likeness (QED) is 0.594. The smallest absolute Gasteiger partial charge is 0.117 e. The molecule has 2 nitrogen and oxygen atoms in total. The Kier molecular flexibility index (Phi) is 5.38. The van der Waals surface area contributed by atoms with Crippen LogP contribution in [-0.4, -0.2) is 10.1 Å². The first-order chi connectivity index (χ1) is 11.4. The van der Waals surface area contributed by atoms with Crippen molar-refractivity contribution in [1.82, 2.24) is 4.98 Å². The summed E-state index contributed by atoms with van der Waals surface area (Å²) >= 11 is 0. The number of aromatic amines is 1. The predicted molar refractivity (Wildman–Crippen MR) is 104 cm³/mol. The molecule has 0 aliphatic rings. The minimum atomic E-state index is -0.0804. The number of aryl methyl sites for hydroxylation is 1. The molecule has 0 radical (unpaired) electrons.